The highest BCUT2D eigenvalue weighted by Gasteiger charge is 2.43. The number of rotatable bonds is 5. The van der Waals surface area contributed by atoms with E-state index in [9.17, 15) is 5.11 Å². The van der Waals surface area contributed by atoms with Crippen LogP contribution in [0.25, 0.3) is 0 Å². The van der Waals surface area contributed by atoms with E-state index in [4.69, 9.17) is 0 Å². The lowest BCUT2D eigenvalue weighted by Gasteiger charge is -2.34. The molecule has 1 saturated carbocycles. The van der Waals surface area contributed by atoms with Crippen LogP contribution < -0.4 is 5.32 Å². The molecule has 0 aromatic carbocycles. The van der Waals surface area contributed by atoms with E-state index in [0.29, 0.717) is 12.1 Å². The molecule has 0 bridgehead atoms. The molecule has 0 spiro atoms. The van der Waals surface area contributed by atoms with E-state index in [1.807, 2.05) is 0 Å². The van der Waals surface area contributed by atoms with Crippen molar-refractivity contribution in [2.45, 2.75) is 83.0 Å². The molecule has 1 heterocycles. The van der Waals surface area contributed by atoms with E-state index >= 15 is 0 Å². The van der Waals surface area contributed by atoms with Crippen LogP contribution in [0.1, 0.15) is 59.3 Å². The summed E-state index contributed by atoms with van der Waals surface area (Å²) in [5, 5.41) is 13.4. The van der Waals surface area contributed by atoms with Crippen molar-refractivity contribution in [2.24, 2.45) is 0 Å². The van der Waals surface area contributed by atoms with Crippen molar-refractivity contribution in [3.63, 3.8) is 0 Å². The van der Waals surface area contributed by atoms with Crippen LogP contribution >= 0.6 is 0 Å². The third-order valence-corrected chi connectivity index (χ3v) is 4.84. The highest BCUT2D eigenvalue weighted by atomic mass is 16.3. The standard InChI is InChI=1S/C15H30N2O/c1-4-13-6-5-9-17(13)14-7-8-15(10-14,11-18)16-12(2)3/h12-14,16,18H,4-11H2,1-3H3. The Morgan fingerprint density at radius 2 is 2.17 bits per heavy atom. The molecule has 1 aliphatic heterocycles. The molecule has 2 N–H and O–H groups in total. The van der Waals surface area contributed by atoms with Gasteiger partial charge < -0.3 is 10.4 Å². The van der Waals surface area contributed by atoms with Gasteiger partial charge in [0.15, 0.2) is 0 Å². The van der Waals surface area contributed by atoms with Crippen LogP contribution in [0.4, 0.5) is 0 Å². The average Bonchev–Trinajstić information content (AvgIpc) is 2.94. The number of likely N-dealkylation sites (tertiary alicyclic amines) is 1. The molecule has 2 aliphatic rings. The predicted molar refractivity (Wildman–Crippen MR) is 75.7 cm³/mol. The van der Waals surface area contributed by atoms with Crippen LogP contribution in [0.5, 0.6) is 0 Å². The van der Waals surface area contributed by atoms with Crippen LogP contribution in [0.3, 0.4) is 0 Å². The minimum atomic E-state index is -0.0142. The van der Waals surface area contributed by atoms with Gasteiger partial charge >= 0.3 is 0 Å². The summed E-state index contributed by atoms with van der Waals surface area (Å²) >= 11 is 0. The first kappa shape index (κ1) is 14.3. The third kappa shape index (κ3) is 2.89. The summed E-state index contributed by atoms with van der Waals surface area (Å²) in [7, 11) is 0. The zero-order valence-corrected chi connectivity index (χ0v) is 12.3. The molecule has 1 aliphatic carbocycles. The van der Waals surface area contributed by atoms with E-state index in [0.717, 1.165) is 18.9 Å². The molecular formula is C15H30N2O. The first-order valence-corrected chi connectivity index (χ1v) is 7.74. The van der Waals surface area contributed by atoms with E-state index in [1.165, 1.54) is 32.2 Å². The molecule has 2 fully saturated rings. The van der Waals surface area contributed by atoms with E-state index < -0.39 is 0 Å². The molecule has 3 unspecified atom stereocenters. The quantitative estimate of drug-likeness (QED) is 0.789. The zero-order valence-electron chi connectivity index (χ0n) is 12.3. The second kappa shape index (κ2) is 5.89. The highest BCUT2D eigenvalue weighted by Crippen LogP contribution is 2.37. The van der Waals surface area contributed by atoms with Gasteiger partial charge in [-0.1, -0.05) is 20.8 Å². The van der Waals surface area contributed by atoms with Crippen LogP contribution in [-0.4, -0.2) is 46.8 Å². The zero-order chi connectivity index (χ0) is 13.2. The van der Waals surface area contributed by atoms with Crippen molar-refractivity contribution in [1.82, 2.24) is 10.2 Å². The fourth-order valence-electron chi connectivity index (χ4n) is 4.09. The van der Waals surface area contributed by atoms with Crippen molar-refractivity contribution in [3.8, 4) is 0 Å². The monoisotopic (exact) mass is 254 g/mol. The molecule has 2 rings (SSSR count). The van der Waals surface area contributed by atoms with Crippen molar-refractivity contribution in [1.29, 1.82) is 0 Å². The Kier molecular flexibility index (Phi) is 4.68. The summed E-state index contributed by atoms with van der Waals surface area (Å²) in [6.45, 7) is 8.22. The second-order valence-corrected chi connectivity index (χ2v) is 6.58. The third-order valence-electron chi connectivity index (χ3n) is 4.84. The van der Waals surface area contributed by atoms with E-state index in [2.05, 4.69) is 31.0 Å². The fraction of sp³-hybridized carbons (Fsp3) is 1.00. The molecular weight excluding hydrogens is 224 g/mol. The van der Waals surface area contributed by atoms with Gasteiger partial charge in [0.2, 0.25) is 0 Å². The van der Waals surface area contributed by atoms with Crippen LogP contribution in [0.15, 0.2) is 0 Å². The van der Waals surface area contributed by atoms with Gasteiger partial charge in [-0.25, -0.2) is 0 Å². The Hall–Kier alpha value is -0.120. The lowest BCUT2D eigenvalue weighted by Crippen LogP contribution is -2.51. The number of aliphatic hydroxyl groups excluding tert-OH is 1. The van der Waals surface area contributed by atoms with Gasteiger partial charge in [-0.05, 0) is 45.1 Å². The smallest absolute Gasteiger partial charge is 0.0614 e. The molecule has 0 aromatic rings. The minimum absolute atomic E-state index is 0.0142. The molecule has 0 amide bonds. The van der Waals surface area contributed by atoms with Crippen LogP contribution in [0.2, 0.25) is 0 Å². The summed E-state index contributed by atoms with van der Waals surface area (Å²) in [5.74, 6) is 0. The van der Waals surface area contributed by atoms with E-state index in [-0.39, 0.29) is 12.1 Å². The molecule has 3 atom stereocenters. The molecule has 106 valence electrons. The summed E-state index contributed by atoms with van der Waals surface area (Å²) in [6, 6.07) is 1.94. The van der Waals surface area contributed by atoms with Gasteiger partial charge in [-0.2, -0.15) is 0 Å². The molecule has 3 nitrogen and oxygen atoms in total. The Bertz CT molecular complexity index is 269. The number of hydrogen-bond donors (Lipinski definition) is 2. The summed E-state index contributed by atoms with van der Waals surface area (Å²) < 4.78 is 0. The van der Waals surface area contributed by atoms with Gasteiger partial charge in [0.1, 0.15) is 0 Å². The first-order chi connectivity index (χ1) is 8.60. The van der Waals surface area contributed by atoms with Crippen LogP contribution in [0, 0.1) is 0 Å². The summed E-state index contributed by atoms with van der Waals surface area (Å²) in [5.41, 5.74) is -0.0142. The Morgan fingerprint density at radius 3 is 2.78 bits per heavy atom. The maximum absolute atomic E-state index is 9.77. The lowest BCUT2D eigenvalue weighted by atomic mass is 9.97. The lowest BCUT2D eigenvalue weighted by molar-refractivity contribution is 0.129. The van der Waals surface area contributed by atoms with Gasteiger partial charge in [-0.15, -0.1) is 0 Å². The number of hydrogen-bond acceptors (Lipinski definition) is 3. The molecule has 3 heteroatoms. The highest BCUT2D eigenvalue weighted by molar-refractivity contribution is 5.01. The minimum Gasteiger partial charge on any atom is -0.394 e. The maximum Gasteiger partial charge on any atom is 0.0614 e. The van der Waals surface area contributed by atoms with Gasteiger partial charge in [0.05, 0.1) is 6.61 Å². The number of nitrogens with one attached hydrogen (secondary N) is 1. The Morgan fingerprint density at radius 1 is 1.39 bits per heavy atom. The maximum atomic E-state index is 9.77. The van der Waals surface area contributed by atoms with Crippen molar-refractivity contribution < 1.29 is 5.11 Å². The molecule has 1 saturated heterocycles. The fourth-order valence-corrected chi connectivity index (χ4v) is 4.09. The van der Waals surface area contributed by atoms with Crippen molar-refractivity contribution in [2.75, 3.05) is 13.2 Å². The van der Waals surface area contributed by atoms with Gasteiger partial charge in [-0.3, -0.25) is 4.90 Å². The Balaban J connectivity index is 1.97. The summed E-state index contributed by atoms with van der Waals surface area (Å²) in [6.07, 6.45) is 7.50. The first-order valence-electron chi connectivity index (χ1n) is 7.74. The Labute approximate surface area is 112 Å². The second-order valence-electron chi connectivity index (χ2n) is 6.58. The normalized spacial score (nSPS) is 37.8. The van der Waals surface area contributed by atoms with Gasteiger partial charge in [0.25, 0.3) is 0 Å². The topological polar surface area (TPSA) is 35.5 Å². The van der Waals surface area contributed by atoms with Crippen LogP contribution in [-0.2, 0) is 0 Å². The van der Waals surface area contributed by atoms with E-state index in [1.54, 1.807) is 0 Å². The van der Waals surface area contributed by atoms with Crippen molar-refractivity contribution >= 4 is 0 Å². The SMILES string of the molecule is CCC1CCCN1C1CCC(CO)(NC(C)C)C1. The number of nitrogens with zero attached hydrogens (tertiary/aromatic N) is 1. The molecule has 0 aromatic heterocycles. The number of aliphatic hydroxyl groups is 1. The largest absolute Gasteiger partial charge is 0.394 e. The van der Waals surface area contributed by atoms with Gasteiger partial charge in [0, 0.05) is 23.7 Å². The molecule has 18 heavy (non-hydrogen) atoms. The van der Waals surface area contributed by atoms with Crippen molar-refractivity contribution in [3.05, 3.63) is 0 Å². The summed E-state index contributed by atoms with van der Waals surface area (Å²) in [4.78, 5) is 2.72. The predicted octanol–water partition coefficient (Wildman–Crippen LogP) is 2.14. The average molecular weight is 254 g/mol. The molecule has 0 radical (unpaired) electrons.